The molecule has 3 heterocycles. The van der Waals surface area contributed by atoms with E-state index in [0.29, 0.717) is 0 Å². The molecule has 216 valence electrons. The molecule has 0 bridgehead atoms. The van der Waals surface area contributed by atoms with Crippen LogP contribution in [0.4, 0.5) is 0 Å². The summed E-state index contributed by atoms with van der Waals surface area (Å²) in [5, 5.41) is 82.9. The number of aliphatic hydroxyl groups is 8. The van der Waals surface area contributed by atoms with Gasteiger partial charge in [-0.1, -0.05) is 0 Å². The third-order valence-corrected chi connectivity index (χ3v) is 6.63. The lowest BCUT2D eigenvalue weighted by Crippen LogP contribution is -2.68. The highest BCUT2D eigenvalue weighted by Crippen LogP contribution is 2.29. The van der Waals surface area contributed by atoms with Gasteiger partial charge in [-0.15, -0.1) is 0 Å². The monoisotopic (exact) mass is 543 g/mol. The molecule has 3 aliphatic heterocycles. The first-order valence-electron chi connectivity index (χ1n) is 11.7. The Morgan fingerprint density at radius 2 is 1.30 bits per heavy atom. The quantitative estimate of drug-likeness (QED) is 0.135. The standard InChI is InChI=1S/C20H37N3O14/c1-5(26)23-11-16(31)17(37-20-10(22)15(30)13(28)7(3-25)36-20)8(34-18(11)32)4-33-19-9(21)14(29)12(27)6(2-24)35-19/h6-20,24-25,27-32H,2-4,21-22H2,1H3,(H,23,26)/t6-,7-,8-,9-,10-,11-,12-,13-,14-,15-,16-,17-,18+,19-,20+/m1/s1. The molecule has 3 rings (SSSR count). The van der Waals surface area contributed by atoms with E-state index in [1.807, 2.05) is 0 Å². The first kappa shape index (κ1) is 30.4. The molecule has 3 fully saturated rings. The lowest BCUT2D eigenvalue weighted by molar-refractivity contribution is -0.334. The lowest BCUT2D eigenvalue weighted by Gasteiger charge is -2.47. The maximum Gasteiger partial charge on any atom is 0.217 e. The number of rotatable bonds is 8. The normalized spacial score (nSPS) is 49.0. The highest BCUT2D eigenvalue weighted by molar-refractivity contribution is 5.73. The zero-order chi connectivity index (χ0) is 27.6. The molecule has 3 saturated heterocycles. The summed E-state index contributed by atoms with van der Waals surface area (Å²) >= 11 is 0. The SMILES string of the molecule is CC(=O)N[C@@H]1[C@@H](O)[C@H](O[C@@H]2O[C@H](CO)[C@@H](O)[C@H](O)[C@H]2N)[C@@H](CO[C@@H]2O[C@H](CO)[C@@H](O)[C@H](O)[C@H]2N)O[C@@H]1O. The van der Waals surface area contributed by atoms with Crippen LogP contribution in [0.3, 0.4) is 0 Å². The Morgan fingerprint density at radius 3 is 1.81 bits per heavy atom. The Morgan fingerprint density at radius 1 is 0.784 bits per heavy atom. The van der Waals surface area contributed by atoms with Crippen LogP contribution in [0.15, 0.2) is 0 Å². The fourth-order valence-corrected chi connectivity index (χ4v) is 4.45. The fraction of sp³-hybridized carbons (Fsp3) is 0.950. The predicted octanol–water partition coefficient (Wildman–Crippen LogP) is -7.50. The van der Waals surface area contributed by atoms with E-state index in [9.17, 15) is 45.6 Å². The Kier molecular flexibility index (Phi) is 10.5. The molecule has 17 heteroatoms. The zero-order valence-corrected chi connectivity index (χ0v) is 20.0. The first-order chi connectivity index (χ1) is 17.4. The van der Waals surface area contributed by atoms with E-state index < -0.39 is 118 Å². The second kappa shape index (κ2) is 12.8. The van der Waals surface area contributed by atoms with Crippen LogP contribution in [-0.2, 0) is 28.5 Å². The topological polar surface area (TPSA) is 289 Å². The van der Waals surface area contributed by atoms with Crippen molar-refractivity contribution in [3.63, 3.8) is 0 Å². The van der Waals surface area contributed by atoms with Crippen molar-refractivity contribution in [2.75, 3.05) is 19.8 Å². The van der Waals surface area contributed by atoms with Gasteiger partial charge < -0.3 is 81.3 Å². The molecule has 0 aliphatic carbocycles. The average molecular weight is 544 g/mol. The number of carbonyl (C=O) groups is 1. The number of hydrogen-bond acceptors (Lipinski definition) is 16. The number of ether oxygens (including phenoxy) is 5. The van der Waals surface area contributed by atoms with Crippen LogP contribution in [0, 0.1) is 0 Å². The van der Waals surface area contributed by atoms with E-state index in [4.69, 9.17) is 35.2 Å². The van der Waals surface area contributed by atoms with Gasteiger partial charge in [0.2, 0.25) is 5.91 Å². The minimum absolute atomic E-state index is 0.499. The maximum absolute atomic E-state index is 11.6. The van der Waals surface area contributed by atoms with Gasteiger partial charge in [-0.25, -0.2) is 0 Å². The molecule has 1 amide bonds. The highest BCUT2D eigenvalue weighted by atomic mass is 16.7. The van der Waals surface area contributed by atoms with Crippen molar-refractivity contribution in [1.82, 2.24) is 5.32 Å². The second-order valence-electron chi connectivity index (χ2n) is 9.28. The number of amides is 1. The van der Waals surface area contributed by atoms with Gasteiger partial charge in [0.1, 0.15) is 61.0 Å². The van der Waals surface area contributed by atoms with E-state index in [1.165, 1.54) is 0 Å². The van der Waals surface area contributed by atoms with E-state index in [1.54, 1.807) is 0 Å². The summed E-state index contributed by atoms with van der Waals surface area (Å²) in [6.45, 7) is -0.691. The summed E-state index contributed by atoms with van der Waals surface area (Å²) in [6.07, 6.45) is -17.5. The van der Waals surface area contributed by atoms with Crippen LogP contribution >= 0.6 is 0 Å². The van der Waals surface area contributed by atoms with E-state index in [0.717, 1.165) is 6.92 Å². The van der Waals surface area contributed by atoms with Gasteiger partial charge in [-0.05, 0) is 0 Å². The van der Waals surface area contributed by atoms with Gasteiger partial charge in [0.05, 0.1) is 31.9 Å². The average Bonchev–Trinajstić information content (AvgIpc) is 2.86. The van der Waals surface area contributed by atoms with Gasteiger partial charge in [-0.2, -0.15) is 0 Å². The van der Waals surface area contributed by atoms with Crippen LogP contribution < -0.4 is 16.8 Å². The summed E-state index contributed by atoms with van der Waals surface area (Å²) in [4.78, 5) is 11.6. The van der Waals surface area contributed by atoms with E-state index in [-0.39, 0.29) is 0 Å². The van der Waals surface area contributed by atoms with Gasteiger partial charge in [0.15, 0.2) is 18.9 Å². The molecular formula is C20H37N3O14. The number of aliphatic hydroxyl groups excluding tert-OH is 8. The van der Waals surface area contributed by atoms with Crippen molar-refractivity contribution in [1.29, 1.82) is 0 Å². The molecule has 17 nitrogen and oxygen atoms in total. The Labute approximate surface area is 211 Å². The van der Waals surface area contributed by atoms with E-state index in [2.05, 4.69) is 5.32 Å². The van der Waals surface area contributed by atoms with Crippen LogP contribution in [-0.4, -0.2) is 159 Å². The fourth-order valence-electron chi connectivity index (χ4n) is 4.45. The van der Waals surface area contributed by atoms with Crippen molar-refractivity contribution in [2.24, 2.45) is 11.5 Å². The third-order valence-electron chi connectivity index (χ3n) is 6.63. The number of nitrogens with two attached hydrogens (primary N) is 2. The molecule has 0 aromatic rings. The van der Waals surface area contributed by atoms with Crippen molar-refractivity contribution in [3.8, 4) is 0 Å². The van der Waals surface area contributed by atoms with Crippen molar-refractivity contribution in [3.05, 3.63) is 0 Å². The minimum atomic E-state index is -1.73. The summed E-state index contributed by atoms with van der Waals surface area (Å²) in [7, 11) is 0. The number of carbonyl (C=O) groups excluding carboxylic acids is 1. The van der Waals surface area contributed by atoms with Crippen molar-refractivity contribution in [2.45, 2.75) is 98.9 Å². The summed E-state index contributed by atoms with van der Waals surface area (Å²) < 4.78 is 27.7. The summed E-state index contributed by atoms with van der Waals surface area (Å²) in [6, 6.07) is -3.96. The highest BCUT2D eigenvalue weighted by Gasteiger charge is 2.51. The van der Waals surface area contributed by atoms with E-state index >= 15 is 0 Å². The molecule has 37 heavy (non-hydrogen) atoms. The molecule has 13 N–H and O–H groups in total. The first-order valence-corrected chi connectivity index (χ1v) is 11.7. The molecule has 0 aromatic heterocycles. The molecule has 0 unspecified atom stereocenters. The largest absolute Gasteiger partial charge is 0.394 e. The Balaban J connectivity index is 1.78. The summed E-state index contributed by atoms with van der Waals surface area (Å²) in [5.74, 6) is -0.603. The Bertz CT molecular complexity index is 749. The third kappa shape index (κ3) is 6.55. The van der Waals surface area contributed by atoms with Gasteiger partial charge in [0.25, 0.3) is 0 Å². The van der Waals surface area contributed by atoms with Crippen LogP contribution in [0.2, 0.25) is 0 Å². The predicted molar refractivity (Wildman–Crippen MR) is 117 cm³/mol. The second-order valence-corrected chi connectivity index (χ2v) is 9.28. The smallest absolute Gasteiger partial charge is 0.217 e. The number of nitrogens with one attached hydrogen (secondary N) is 1. The number of hydrogen-bond donors (Lipinski definition) is 11. The van der Waals surface area contributed by atoms with Crippen LogP contribution in [0.1, 0.15) is 6.92 Å². The molecule has 15 atom stereocenters. The van der Waals surface area contributed by atoms with Crippen LogP contribution in [0.25, 0.3) is 0 Å². The van der Waals surface area contributed by atoms with Gasteiger partial charge >= 0.3 is 0 Å². The van der Waals surface area contributed by atoms with Gasteiger partial charge in [0, 0.05) is 6.92 Å². The van der Waals surface area contributed by atoms with Crippen LogP contribution in [0.5, 0.6) is 0 Å². The van der Waals surface area contributed by atoms with Crippen molar-refractivity contribution < 1.29 is 69.3 Å². The summed E-state index contributed by atoms with van der Waals surface area (Å²) in [5.41, 5.74) is 11.8. The zero-order valence-electron chi connectivity index (χ0n) is 20.0. The minimum Gasteiger partial charge on any atom is -0.394 e. The molecule has 3 aliphatic rings. The molecule has 0 radical (unpaired) electrons. The molecule has 0 spiro atoms. The van der Waals surface area contributed by atoms with Crippen molar-refractivity contribution >= 4 is 5.91 Å². The molecule has 0 saturated carbocycles. The maximum atomic E-state index is 11.6. The Hall–Kier alpha value is -1.13. The van der Waals surface area contributed by atoms with Gasteiger partial charge in [-0.3, -0.25) is 4.79 Å². The lowest BCUT2D eigenvalue weighted by atomic mass is 9.95. The molecule has 0 aromatic carbocycles. The molecular weight excluding hydrogens is 506 g/mol.